The standard InChI is InChI=1S/C26H35N3O3/c1-3-29(16-25(30)27-20-6-7-20)26(31)19-5-9-24-22(15-19)21-14-18(4-8-23(21)28(24)2)17-10-12-32-13-11-17/h5,9,15,17-18,20H,3-4,6-8,10-14,16H2,1-2H3,(H,27,30)/t18-/m1/s1. The Morgan fingerprint density at radius 1 is 1.12 bits per heavy atom. The molecule has 1 aliphatic heterocycles. The number of aryl methyl sites for hydroxylation is 1. The van der Waals surface area contributed by atoms with Gasteiger partial charge in [0.2, 0.25) is 5.91 Å². The van der Waals surface area contributed by atoms with Crippen LogP contribution in [0.2, 0.25) is 0 Å². The van der Waals surface area contributed by atoms with Gasteiger partial charge in [-0.1, -0.05) is 0 Å². The SMILES string of the molecule is CCN(CC(=O)NC1CC1)C(=O)c1ccc2c(c1)c1c(n2C)CC[C@@H](C2CCOCC2)C1. The average Bonchev–Trinajstić information content (AvgIpc) is 3.60. The molecule has 2 amide bonds. The number of fused-ring (bicyclic) bond motifs is 3. The molecule has 1 atom stereocenters. The fourth-order valence-electron chi connectivity index (χ4n) is 5.71. The lowest BCUT2D eigenvalue weighted by Crippen LogP contribution is -2.41. The van der Waals surface area contributed by atoms with Gasteiger partial charge in [-0.15, -0.1) is 0 Å². The molecule has 2 fully saturated rings. The van der Waals surface area contributed by atoms with E-state index in [-0.39, 0.29) is 18.4 Å². The minimum Gasteiger partial charge on any atom is -0.381 e. The monoisotopic (exact) mass is 437 g/mol. The maximum atomic E-state index is 13.3. The van der Waals surface area contributed by atoms with Gasteiger partial charge in [0, 0.05) is 55.0 Å². The molecule has 172 valence electrons. The maximum Gasteiger partial charge on any atom is 0.254 e. The largest absolute Gasteiger partial charge is 0.381 e. The van der Waals surface area contributed by atoms with Crippen molar-refractivity contribution in [3.05, 3.63) is 35.0 Å². The summed E-state index contributed by atoms with van der Waals surface area (Å²) in [6, 6.07) is 6.40. The van der Waals surface area contributed by atoms with E-state index in [1.165, 1.54) is 41.4 Å². The third kappa shape index (κ3) is 4.17. The van der Waals surface area contributed by atoms with Crippen molar-refractivity contribution < 1.29 is 14.3 Å². The molecule has 6 nitrogen and oxygen atoms in total. The number of hydrogen-bond acceptors (Lipinski definition) is 3. The van der Waals surface area contributed by atoms with Crippen molar-refractivity contribution in [1.82, 2.24) is 14.8 Å². The molecular formula is C26H35N3O3. The number of benzene rings is 1. The second-order valence-corrected chi connectivity index (χ2v) is 9.83. The first kappa shape index (κ1) is 21.5. The summed E-state index contributed by atoms with van der Waals surface area (Å²) in [4.78, 5) is 27.2. The van der Waals surface area contributed by atoms with Crippen LogP contribution in [0.4, 0.5) is 0 Å². The van der Waals surface area contributed by atoms with Crippen LogP contribution in [0.15, 0.2) is 18.2 Å². The van der Waals surface area contributed by atoms with Crippen molar-refractivity contribution in [2.24, 2.45) is 18.9 Å². The zero-order valence-electron chi connectivity index (χ0n) is 19.4. The summed E-state index contributed by atoms with van der Waals surface area (Å²) in [5.41, 5.74) is 4.73. The highest BCUT2D eigenvalue weighted by molar-refractivity contribution is 6.00. The van der Waals surface area contributed by atoms with Crippen LogP contribution in [0.5, 0.6) is 0 Å². The van der Waals surface area contributed by atoms with Crippen LogP contribution >= 0.6 is 0 Å². The van der Waals surface area contributed by atoms with E-state index in [1.54, 1.807) is 4.90 Å². The van der Waals surface area contributed by atoms with E-state index in [0.29, 0.717) is 24.1 Å². The van der Waals surface area contributed by atoms with Crippen LogP contribution in [0.1, 0.15) is 60.6 Å². The Balaban J connectivity index is 1.39. The van der Waals surface area contributed by atoms with Crippen molar-refractivity contribution in [2.45, 2.75) is 57.9 Å². The number of carbonyl (C=O) groups is 2. The van der Waals surface area contributed by atoms with Gasteiger partial charge < -0.3 is 19.5 Å². The predicted octanol–water partition coefficient (Wildman–Crippen LogP) is 3.45. The number of aromatic nitrogens is 1. The third-order valence-corrected chi connectivity index (χ3v) is 7.78. The van der Waals surface area contributed by atoms with E-state index in [4.69, 9.17) is 4.74 Å². The van der Waals surface area contributed by atoms with Gasteiger partial charge in [0.1, 0.15) is 0 Å². The van der Waals surface area contributed by atoms with Crippen LogP contribution in [-0.4, -0.2) is 53.6 Å². The molecule has 1 N–H and O–H groups in total. The minimum absolute atomic E-state index is 0.0554. The normalized spacial score (nSPS) is 21.4. The van der Waals surface area contributed by atoms with E-state index in [0.717, 1.165) is 44.8 Å². The molecule has 0 bridgehead atoms. The quantitative estimate of drug-likeness (QED) is 0.753. The lowest BCUT2D eigenvalue weighted by molar-refractivity contribution is -0.121. The molecule has 2 heterocycles. The Kier molecular flexibility index (Phi) is 5.97. The van der Waals surface area contributed by atoms with Gasteiger partial charge in [-0.3, -0.25) is 9.59 Å². The lowest BCUT2D eigenvalue weighted by atomic mass is 9.75. The number of nitrogens with zero attached hydrogens (tertiary/aromatic N) is 2. The summed E-state index contributed by atoms with van der Waals surface area (Å²) in [7, 11) is 2.15. The van der Waals surface area contributed by atoms with Crippen LogP contribution < -0.4 is 5.32 Å². The van der Waals surface area contributed by atoms with E-state index < -0.39 is 0 Å². The maximum absolute atomic E-state index is 13.3. The number of likely N-dealkylation sites (N-methyl/N-ethyl adjacent to an activating group) is 1. The van der Waals surface area contributed by atoms with Crippen molar-refractivity contribution in [3.63, 3.8) is 0 Å². The number of ether oxygens (including phenoxy) is 1. The molecule has 0 unspecified atom stereocenters. The molecule has 1 aromatic carbocycles. The second-order valence-electron chi connectivity index (χ2n) is 9.83. The highest BCUT2D eigenvalue weighted by Gasteiger charge is 2.31. The van der Waals surface area contributed by atoms with Gasteiger partial charge in [-0.05, 0) is 87.5 Å². The Bertz CT molecular complexity index is 1020. The zero-order valence-corrected chi connectivity index (χ0v) is 19.4. The summed E-state index contributed by atoms with van der Waals surface area (Å²) in [6.45, 7) is 4.37. The molecule has 1 aromatic heterocycles. The van der Waals surface area contributed by atoms with Gasteiger partial charge in [0.05, 0.1) is 6.54 Å². The first-order valence-electron chi connectivity index (χ1n) is 12.3. The van der Waals surface area contributed by atoms with Crippen LogP contribution in [0.25, 0.3) is 10.9 Å². The Hall–Kier alpha value is -2.34. The highest BCUT2D eigenvalue weighted by Crippen LogP contribution is 2.39. The van der Waals surface area contributed by atoms with Gasteiger partial charge in [0.25, 0.3) is 5.91 Å². The van der Waals surface area contributed by atoms with E-state index >= 15 is 0 Å². The van der Waals surface area contributed by atoms with Crippen LogP contribution in [0, 0.1) is 11.8 Å². The summed E-state index contributed by atoms with van der Waals surface area (Å²) >= 11 is 0. The Morgan fingerprint density at radius 3 is 2.62 bits per heavy atom. The Labute approximate surface area is 190 Å². The first-order valence-corrected chi connectivity index (χ1v) is 12.3. The van der Waals surface area contributed by atoms with Crippen molar-refractivity contribution in [1.29, 1.82) is 0 Å². The fourth-order valence-corrected chi connectivity index (χ4v) is 5.71. The average molecular weight is 438 g/mol. The number of carbonyl (C=O) groups excluding carboxylic acids is 2. The molecule has 1 saturated heterocycles. The smallest absolute Gasteiger partial charge is 0.254 e. The van der Waals surface area contributed by atoms with Crippen LogP contribution in [0.3, 0.4) is 0 Å². The highest BCUT2D eigenvalue weighted by atomic mass is 16.5. The minimum atomic E-state index is -0.0604. The molecule has 0 radical (unpaired) electrons. The number of hydrogen-bond donors (Lipinski definition) is 1. The topological polar surface area (TPSA) is 63.6 Å². The van der Waals surface area contributed by atoms with Gasteiger partial charge in [0.15, 0.2) is 0 Å². The first-order chi connectivity index (χ1) is 15.5. The van der Waals surface area contributed by atoms with Crippen molar-refractivity contribution in [2.75, 3.05) is 26.3 Å². The molecule has 0 spiro atoms. The molecule has 6 heteroatoms. The molecule has 32 heavy (non-hydrogen) atoms. The Morgan fingerprint density at radius 2 is 1.91 bits per heavy atom. The van der Waals surface area contributed by atoms with Gasteiger partial charge in [-0.25, -0.2) is 0 Å². The number of nitrogens with one attached hydrogen (secondary N) is 1. The zero-order chi connectivity index (χ0) is 22.2. The second kappa shape index (κ2) is 8.89. The molecular weight excluding hydrogens is 402 g/mol. The molecule has 5 rings (SSSR count). The summed E-state index contributed by atoms with van der Waals surface area (Å²) in [6.07, 6.45) is 7.89. The fraction of sp³-hybridized carbons (Fsp3) is 0.615. The summed E-state index contributed by atoms with van der Waals surface area (Å²) < 4.78 is 7.91. The summed E-state index contributed by atoms with van der Waals surface area (Å²) in [5, 5.41) is 4.20. The van der Waals surface area contributed by atoms with E-state index in [2.05, 4.69) is 29.1 Å². The van der Waals surface area contributed by atoms with Gasteiger partial charge in [-0.2, -0.15) is 0 Å². The third-order valence-electron chi connectivity index (χ3n) is 7.78. The summed E-state index contributed by atoms with van der Waals surface area (Å²) in [5.74, 6) is 1.34. The van der Waals surface area contributed by atoms with Crippen LogP contribution in [-0.2, 0) is 29.4 Å². The van der Waals surface area contributed by atoms with Crippen molar-refractivity contribution in [3.8, 4) is 0 Å². The molecule has 2 aliphatic carbocycles. The lowest BCUT2D eigenvalue weighted by Gasteiger charge is -2.33. The van der Waals surface area contributed by atoms with E-state index in [9.17, 15) is 9.59 Å². The van der Waals surface area contributed by atoms with E-state index in [1.807, 2.05) is 13.0 Å². The predicted molar refractivity (Wildman–Crippen MR) is 125 cm³/mol. The molecule has 1 saturated carbocycles. The molecule has 2 aromatic rings. The molecule has 3 aliphatic rings. The van der Waals surface area contributed by atoms with Crippen molar-refractivity contribution >= 4 is 22.7 Å². The van der Waals surface area contributed by atoms with Gasteiger partial charge >= 0.3 is 0 Å². The number of rotatable bonds is 6. The number of amides is 2.